The summed E-state index contributed by atoms with van der Waals surface area (Å²) >= 11 is 0. The lowest BCUT2D eigenvalue weighted by Gasteiger charge is -2.25. The van der Waals surface area contributed by atoms with Crippen LogP contribution in [0.25, 0.3) is 0 Å². The molecule has 1 amide bonds. The van der Waals surface area contributed by atoms with Crippen molar-refractivity contribution in [3.05, 3.63) is 82.9 Å². The maximum atomic E-state index is 12.5. The SMILES string of the molecule is Cc1ccc(NC(=O)c2cn3c(n2)CC[C@@H](c2ccccc2C)C3)cc1. The number of nitrogens with one attached hydrogen (secondary N) is 1. The topological polar surface area (TPSA) is 46.9 Å². The Labute approximate surface area is 153 Å². The summed E-state index contributed by atoms with van der Waals surface area (Å²) in [4.78, 5) is 17.1. The highest BCUT2D eigenvalue weighted by Gasteiger charge is 2.24. The van der Waals surface area contributed by atoms with Crippen LogP contribution >= 0.6 is 0 Å². The van der Waals surface area contributed by atoms with Crippen molar-refractivity contribution in [2.45, 2.75) is 39.2 Å². The summed E-state index contributed by atoms with van der Waals surface area (Å²) in [7, 11) is 0. The molecule has 0 radical (unpaired) electrons. The Kier molecular flexibility index (Phi) is 4.33. The van der Waals surface area contributed by atoms with Crippen LogP contribution < -0.4 is 5.32 Å². The number of hydrogen-bond acceptors (Lipinski definition) is 2. The number of carbonyl (C=O) groups excluding carboxylic acids is 1. The molecule has 1 N–H and O–H groups in total. The van der Waals surface area contributed by atoms with Crippen molar-refractivity contribution in [1.29, 1.82) is 0 Å². The van der Waals surface area contributed by atoms with Gasteiger partial charge in [-0.15, -0.1) is 0 Å². The first-order valence-corrected chi connectivity index (χ1v) is 9.10. The number of hydrogen-bond donors (Lipinski definition) is 1. The van der Waals surface area contributed by atoms with Gasteiger partial charge in [-0.25, -0.2) is 4.98 Å². The zero-order valence-electron chi connectivity index (χ0n) is 15.2. The molecule has 2 heterocycles. The number of nitrogens with zero attached hydrogens (tertiary/aromatic N) is 2. The molecule has 0 unspecified atom stereocenters. The Balaban J connectivity index is 1.51. The maximum absolute atomic E-state index is 12.5. The second kappa shape index (κ2) is 6.79. The molecule has 132 valence electrons. The normalized spacial score (nSPS) is 16.2. The lowest BCUT2D eigenvalue weighted by molar-refractivity contribution is 0.102. The third kappa shape index (κ3) is 3.27. The first-order chi connectivity index (χ1) is 12.6. The van der Waals surface area contributed by atoms with Gasteiger partial charge in [0.05, 0.1) is 0 Å². The zero-order valence-corrected chi connectivity index (χ0v) is 15.2. The molecule has 4 heteroatoms. The number of benzene rings is 2. The largest absolute Gasteiger partial charge is 0.333 e. The van der Waals surface area contributed by atoms with Crippen molar-refractivity contribution in [3.63, 3.8) is 0 Å². The highest BCUT2D eigenvalue weighted by Crippen LogP contribution is 2.30. The maximum Gasteiger partial charge on any atom is 0.275 e. The molecule has 3 aromatic rings. The van der Waals surface area contributed by atoms with Gasteiger partial charge in [0.25, 0.3) is 5.91 Å². The first kappa shape index (κ1) is 16.6. The van der Waals surface area contributed by atoms with Gasteiger partial charge >= 0.3 is 0 Å². The fourth-order valence-electron chi connectivity index (χ4n) is 3.68. The van der Waals surface area contributed by atoms with Crippen LogP contribution in [-0.4, -0.2) is 15.5 Å². The second-order valence-corrected chi connectivity index (χ2v) is 7.11. The second-order valence-electron chi connectivity index (χ2n) is 7.11. The van der Waals surface area contributed by atoms with Crippen molar-refractivity contribution in [1.82, 2.24) is 9.55 Å². The van der Waals surface area contributed by atoms with E-state index in [9.17, 15) is 4.79 Å². The van der Waals surface area contributed by atoms with Crippen LogP contribution in [0, 0.1) is 13.8 Å². The van der Waals surface area contributed by atoms with Crippen LogP contribution in [0.5, 0.6) is 0 Å². The summed E-state index contributed by atoms with van der Waals surface area (Å²) < 4.78 is 2.14. The predicted octanol–water partition coefficient (Wildman–Crippen LogP) is 4.48. The molecule has 4 nitrogen and oxygen atoms in total. The zero-order chi connectivity index (χ0) is 18.1. The third-order valence-electron chi connectivity index (χ3n) is 5.16. The molecule has 4 rings (SSSR count). The molecular formula is C22H23N3O. The standard InChI is InChI=1S/C22H23N3O/c1-15-7-10-18(11-8-15)23-22(26)20-14-25-13-17(9-12-21(25)24-20)19-6-4-3-5-16(19)2/h3-8,10-11,14,17H,9,12-13H2,1-2H3,(H,23,26)/t17-/m1/s1. The van der Waals surface area contributed by atoms with Crippen molar-refractivity contribution in [3.8, 4) is 0 Å². The number of aryl methyl sites for hydroxylation is 3. The van der Waals surface area contributed by atoms with Crippen LogP contribution in [-0.2, 0) is 13.0 Å². The van der Waals surface area contributed by atoms with E-state index >= 15 is 0 Å². The van der Waals surface area contributed by atoms with Gasteiger partial charge in [-0.3, -0.25) is 4.79 Å². The smallest absolute Gasteiger partial charge is 0.275 e. The average molecular weight is 345 g/mol. The Morgan fingerprint density at radius 1 is 1.12 bits per heavy atom. The fraction of sp³-hybridized carbons (Fsp3) is 0.273. The first-order valence-electron chi connectivity index (χ1n) is 9.10. The van der Waals surface area contributed by atoms with Crippen molar-refractivity contribution >= 4 is 11.6 Å². The van der Waals surface area contributed by atoms with E-state index < -0.39 is 0 Å². The van der Waals surface area contributed by atoms with Gasteiger partial charge in [0, 0.05) is 30.8 Å². The van der Waals surface area contributed by atoms with E-state index in [1.54, 1.807) is 0 Å². The quantitative estimate of drug-likeness (QED) is 0.761. The molecule has 0 bridgehead atoms. The Bertz CT molecular complexity index is 940. The predicted molar refractivity (Wildman–Crippen MR) is 104 cm³/mol. The van der Waals surface area contributed by atoms with Crippen LogP contribution in [0.3, 0.4) is 0 Å². The van der Waals surface area contributed by atoms with E-state index in [4.69, 9.17) is 0 Å². The molecule has 2 aromatic carbocycles. The molecule has 0 aliphatic carbocycles. The van der Waals surface area contributed by atoms with E-state index in [0.29, 0.717) is 11.6 Å². The minimum absolute atomic E-state index is 0.150. The summed E-state index contributed by atoms with van der Waals surface area (Å²) in [5.41, 5.74) is 5.19. The lowest BCUT2D eigenvalue weighted by Crippen LogP contribution is -2.19. The summed E-state index contributed by atoms with van der Waals surface area (Å²) in [5, 5.41) is 2.93. The molecule has 0 saturated carbocycles. The summed E-state index contributed by atoms with van der Waals surface area (Å²) in [6, 6.07) is 16.4. The number of amides is 1. The molecule has 1 aliphatic rings. The molecular weight excluding hydrogens is 322 g/mol. The molecule has 0 fully saturated rings. The van der Waals surface area contributed by atoms with Crippen LogP contribution in [0.15, 0.2) is 54.7 Å². The molecule has 1 aliphatic heterocycles. The minimum atomic E-state index is -0.150. The highest BCUT2D eigenvalue weighted by molar-refractivity contribution is 6.02. The van der Waals surface area contributed by atoms with Gasteiger partial charge in [-0.05, 0) is 43.5 Å². The van der Waals surface area contributed by atoms with Crippen molar-refractivity contribution in [2.24, 2.45) is 0 Å². The van der Waals surface area contributed by atoms with Gasteiger partial charge in [0.15, 0.2) is 0 Å². The molecule has 0 spiro atoms. The Morgan fingerprint density at radius 3 is 2.65 bits per heavy atom. The van der Waals surface area contributed by atoms with Crippen LogP contribution in [0.2, 0.25) is 0 Å². The lowest BCUT2D eigenvalue weighted by atomic mass is 9.89. The summed E-state index contributed by atoms with van der Waals surface area (Å²) in [6.45, 7) is 5.07. The fourth-order valence-corrected chi connectivity index (χ4v) is 3.68. The van der Waals surface area contributed by atoms with Crippen molar-refractivity contribution < 1.29 is 4.79 Å². The molecule has 26 heavy (non-hydrogen) atoms. The van der Waals surface area contributed by atoms with Crippen LogP contribution in [0.1, 0.15) is 45.3 Å². The number of carbonyl (C=O) groups is 1. The van der Waals surface area contributed by atoms with E-state index in [1.807, 2.05) is 37.4 Å². The minimum Gasteiger partial charge on any atom is -0.333 e. The number of fused-ring (bicyclic) bond motifs is 1. The molecule has 1 atom stereocenters. The van der Waals surface area contributed by atoms with E-state index in [1.165, 1.54) is 16.7 Å². The highest BCUT2D eigenvalue weighted by atomic mass is 16.1. The van der Waals surface area contributed by atoms with Gasteiger partial charge in [-0.2, -0.15) is 0 Å². The number of aromatic nitrogens is 2. The van der Waals surface area contributed by atoms with Gasteiger partial charge in [-0.1, -0.05) is 42.0 Å². The van der Waals surface area contributed by atoms with Gasteiger partial charge in [0.1, 0.15) is 11.5 Å². The summed E-state index contributed by atoms with van der Waals surface area (Å²) in [6.07, 6.45) is 3.86. The van der Waals surface area contributed by atoms with E-state index in [2.05, 4.69) is 46.1 Å². The Morgan fingerprint density at radius 2 is 1.88 bits per heavy atom. The third-order valence-corrected chi connectivity index (χ3v) is 5.16. The van der Waals surface area contributed by atoms with E-state index in [-0.39, 0.29) is 5.91 Å². The van der Waals surface area contributed by atoms with Gasteiger partial charge in [0.2, 0.25) is 0 Å². The average Bonchev–Trinajstić information content (AvgIpc) is 3.07. The Hall–Kier alpha value is -2.88. The molecule has 0 saturated heterocycles. The van der Waals surface area contributed by atoms with E-state index in [0.717, 1.165) is 30.9 Å². The van der Waals surface area contributed by atoms with Gasteiger partial charge < -0.3 is 9.88 Å². The van der Waals surface area contributed by atoms with Crippen molar-refractivity contribution in [2.75, 3.05) is 5.32 Å². The van der Waals surface area contributed by atoms with Crippen LogP contribution in [0.4, 0.5) is 5.69 Å². The summed E-state index contributed by atoms with van der Waals surface area (Å²) in [5.74, 6) is 1.33. The molecule has 1 aromatic heterocycles. The number of rotatable bonds is 3. The number of anilines is 1. The number of imidazole rings is 1. The monoisotopic (exact) mass is 345 g/mol.